The zero-order valence-electron chi connectivity index (χ0n) is 13.8. The first-order chi connectivity index (χ1) is 12.2. The zero-order chi connectivity index (χ0) is 17.2. The van der Waals surface area contributed by atoms with Crippen molar-refractivity contribution in [3.63, 3.8) is 0 Å². The maximum Gasteiger partial charge on any atom is 0.264 e. The normalized spacial score (nSPS) is 11.0. The molecule has 0 fully saturated rings. The van der Waals surface area contributed by atoms with E-state index < -0.39 is 0 Å². The van der Waals surface area contributed by atoms with Gasteiger partial charge in [0.1, 0.15) is 11.5 Å². The molecule has 0 saturated carbocycles. The highest BCUT2D eigenvalue weighted by molar-refractivity contribution is 5.80. The first kappa shape index (κ1) is 15.2. The Kier molecular flexibility index (Phi) is 3.81. The van der Waals surface area contributed by atoms with Crippen molar-refractivity contribution >= 4 is 11.0 Å². The first-order valence-electron chi connectivity index (χ1n) is 7.74. The molecule has 0 aliphatic heterocycles. The van der Waals surface area contributed by atoms with Gasteiger partial charge in [0.25, 0.3) is 5.89 Å². The molecular weight excluding hydrogens is 320 g/mol. The number of imidazole rings is 1. The first-order valence-corrected chi connectivity index (χ1v) is 7.74. The van der Waals surface area contributed by atoms with E-state index in [1.54, 1.807) is 13.4 Å². The molecule has 0 radical (unpaired) electrons. The predicted molar refractivity (Wildman–Crippen MR) is 91.3 cm³/mol. The Balaban J connectivity index is 1.48. The Bertz CT molecular complexity index is 1000. The molecule has 25 heavy (non-hydrogen) atoms. The van der Waals surface area contributed by atoms with Crippen LogP contribution in [0.3, 0.4) is 0 Å². The lowest BCUT2D eigenvalue weighted by Crippen LogP contribution is -1.95. The maximum absolute atomic E-state index is 5.65. The predicted octanol–water partition coefficient (Wildman–Crippen LogP) is 3.21. The van der Waals surface area contributed by atoms with Crippen LogP contribution in [0.2, 0.25) is 0 Å². The van der Waals surface area contributed by atoms with E-state index in [2.05, 4.69) is 15.1 Å². The van der Waals surface area contributed by atoms with Gasteiger partial charge in [-0.05, 0) is 42.5 Å². The molecular formula is C18H16N4O3. The van der Waals surface area contributed by atoms with Crippen molar-refractivity contribution in [1.29, 1.82) is 0 Å². The standard InChI is InChI=1S/C18H16N4O3/c1-22-11-19-15-9-12(3-8-16(15)22)18-20-17(25-21-18)10-24-14-6-4-13(23-2)5-7-14/h3-9,11H,10H2,1-2H3. The third-order valence-electron chi connectivity index (χ3n) is 3.87. The summed E-state index contributed by atoms with van der Waals surface area (Å²) < 4.78 is 18.0. The fraction of sp³-hybridized carbons (Fsp3) is 0.167. The zero-order valence-corrected chi connectivity index (χ0v) is 13.8. The fourth-order valence-electron chi connectivity index (χ4n) is 2.52. The van der Waals surface area contributed by atoms with Gasteiger partial charge in [0, 0.05) is 12.6 Å². The number of hydrogen-bond donors (Lipinski definition) is 0. The van der Waals surface area contributed by atoms with Gasteiger partial charge in [0.15, 0.2) is 6.61 Å². The Morgan fingerprint density at radius 3 is 2.68 bits per heavy atom. The van der Waals surface area contributed by atoms with Crippen molar-refractivity contribution in [3.05, 3.63) is 54.7 Å². The van der Waals surface area contributed by atoms with Crippen molar-refractivity contribution in [2.75, 3.05) is 7.11 Å². The molecule has 0 aliphatic rings. The molecule has 7 heteroatoms. The maximum atomic E-state index is 5.65. The summed E-state index contributed by atoms with van der Waals surface area (Å²) in [5.41, 5.74) is 2.79. The minimum atomic E-state index is 0.200. The lowest BCUT2D eigenvalue weighted by molar-refractivity contribution is 0.242. The van der Waals surface area contributed by atoms with Crippen LogP contribution in [0.5, 0.6) is 11.5 Å². The Labute approximate surface area is 143 Å². The van der Waals surface area contributed by atoms with Gasteiger partial charge in [-0.25, -0.2) is 4.98 Å². The van der Waals surface area contributed by atoms with Gasteiger partial charge in [-0.1, -0.05) is 5.16 Å². The molecule has 0 spiro atoms. The summed E-state index contributed by atoms with van der Waals surface area (Å²) in [6, 6.07) is 13.2. The average molecular weight is 336 g/mol. The molecule has 0 amide bonds. The monoisotopic (exact) mass is 336 g/mol. The number of hydrogen-bond acceptors (Lipinski definition) is 6. The quantitative estimate of drug-likeness (QED) is 0.557. The Morgan fingerprint density at radius 1 is 1.08 bits per heavy atom. The largest absolute Gasteiger partial charge is 0.497 e. The van der Waals surface area contributed by atoms with Gasteiger partial charge in [-0.2, -0.15) is 4.98 Å². The number of fused-ring (bicyclic) bond motifs is 1. The van der Waals surface area contributed by atoms with Crippen LogP contribution in [0.4, 0.5) is 0 Å². The molecule has 7 nitrogen and oxygen atoms in total. The SMILES string of the molecule is COc1ccc(OCc2nc(-c3ccc4c(c3)ncn4C)no2)cc1. The molecule has 2 aromatic carbocycles. The van der Waals surface area contributed by atoms with Crippen LogP contribution < -0.4 is 9.47 Å². The molecule has 0 saturated heterocycles. The third-order valence-corrected chi connectivity index (χ3v) is 3.87. The van der Waals surface area contributed by atoms with Gasteiger partial charge in [-0.15, -0.1) is 0 Å². The van der Waals surface area contributed by atoms with Crippen LogP contribution in [-0.2, 0) is 13.7 Å². The highest BCUT2D eigenvalue weighted by Gasteiger charge is 2.11. The van der Waals surface area contributed by atoms with Gasteiger partial charge in [0.05, 0.1) is 24.5 Å². The van der Waals surface area contributed by atoms with Gasteiger partial charge < -0.3 is 18.6 Å². The molecule has 2 heterocycles. The second-order valence-corrected chi connectivity index (χ2v) is 5.53. The van der Waals surface area contributed by atoms with Crippen LogP contribution in [0.15, 0.2) is 53.3 Å². The summed E-state index contributed by atoms with van der Waals surface area (Å²) in [6.45, 7) is 0.200. The van der Waals surface area contributed by atoms with Crippen LogP contribution in [0, 0.1) is 0 Å². The second-order valence-electron chi connectivity index (χ2n) is 5.53. The van der Waals surface area contributed by atoms with E-state index in [1.807, 2.05) is 54.1 Å². The van der Waals surface area contributed by atoms with Crippen molar-refractivity contribution < 1.29 is 14.0 Å². The van der Waals surface area contributed by atoms with E-state index in [4.69, 9.17) is 14.0 Å². The molecule has 0 aliphatic carbocycles. The molecule has 0 bridgehead atoms. The van der Waals surface area contributed by atoms with Gasteiger partial charge >= 0.3 is 0 Å². The lowest BCUT2D eigenvalue weighted by Gasteiger charge is -2.04. The number of benzene rings is 2. The molecule has 4 rings (SSSR count). The number of rotatable bonds is 5. The van der Waals surface area contributed by atoms with Crippen molar-refractivity contribution in [2.24, 2.45) is 7.05 Å². The minimum absolute atomic E-state index is 0.200. The van der Waals surface area contributed by atoms with E-state index in [0.717, 1.165) is 22.3 Å². The molecule has 0 N–H and O–H groups in total. The van der Waals surface area contributed by atoms with Crippen molar-refractivity contribution in [2.45, 2.75) is 6.61 Å². The van der Waals surface area contributed by atoms with E-state index in [0.29, 0.717) is 17.5 Å². The van der Waals surface area contributed by atoms with E-state index in [-0.39, 0.29) is 6.61 Å². The van der Waals surface area contributed by atoms with Crippen molar-refractivity contribution in [3.8, 4) is 22.9 Å². The number of methoxy groups -OCH3 is 1. The fourth-order valence-corrected chi connectivity index (χ4v) is 2.52. The second kappa shape index (κ2) is 6.27. The molecule has 126 valence electrons. The van der Waals surface area contributed by atoms with E-state index in [1.165, 1.54) is 0 Å². The van der Waals surface area contributed by atoms with Crippen LogP contribution in [0.1, 0.15) is 5.89 Å². The Hall–Kier alpha value is -3.35. The summed E-state index contributed by atoms with van der Waals surface area (Å²) >= 11 is 0. The minimum Gasteiger partial charge on any atom is -0.497 e. The number of ether oxygens (including phenoxy) is 2. The summed E-state index contributed by atoms with van der Waals surface area (Å²) in [5, 5.41) is 4.02. The number of aryl methyl sites for hydroxylation is 1. The summed E-state index contributed by atoms with van der Waals surface area (Å²) in [7, 11) is 3.58. The topological polar surface area (TPSA) is 75.2 Å². The van der Waals surface area contributed by atoms with Crippen LogP contribution >= 0.6 is 0 Å². The summed E-state index contributed by atoms with van der Waals surface area (Å²) in [6.07, 6.45) is 1.78. The smallest absolute Gasteiger partial charge is 0.264 e. The summed E-state index contributed by atoms with van der Waals surface area (Å²) in [4.78, 5) is 8.72. The number of nitrogens with zero attached hydrogens (tertiary/aromatic N) is 4. The third kappa shape index (κ3) is 3.03. The summed E-state index contributed by atoms with van der Waals surface area (Å²) in [5.74, 6) is 2.40. The van der Waals surface area contributed by atoms with Crippen LogP contribution in [0.25, 0.3) is 22.4 Å². The lowest BCUT2D eigenvalue weighted by atomic mass is 10.2. The van der Waals surface area contributed by atoms with Crippen LogP contribution in [-0.4, -0.2) is 26.8 Å². The highest BCUT2D eigenvalue weighted by Crippen LogP contribution is 2.22. The average Bonchev–Trinajstić information content (AvgIpc) is 3.27. The van der Waals surface area contributed by atoms with Gasteiger partial charge in [-0.3, -0.25) is 0 Å². The van der Waals surface area contributed by atoms with E-state index in [9.17, 15) is 0 Å². The molecule has 0 unspecified atom stereocenters. The highest BCUT2D eigenvalue weighted by atomic mass is 16.5. The Morgan fingerprint density at radius 2 is 1.88 bits per heavy atom. The van der Waals surface area contributed by atoms with Crippen molar-refractivity contribution in [1.82, 2.24) is 19.7 Å². The van der Waals surface area contributed by atoms with Gasteiger partial charge in [0.2, 0.25) is 5.82 Å². The molecule has 4 aromatic rings. The van der Waals surface area contributed by atoms with E-state index >= 15 is 0 Å². The molecule has 0 atom stereocenters. The number of aromatic nitrogens is 4. The molecule has 2 aromatic heterocycles.